The number of non-ortho nitro benzene ring substituents is 1. The van der Waals surface area contributed by atoms with Gasteiger partial charge in [-0.3, -0.25) is 10.1 Å². The predicted molar refractivity (Wildman–Crippen MR) is 89.6 cm³/mol. The Balaban J connectivity index is 0.00000484. The van der Waals surface area contributed by atoms with E-state index in [1.165, 1.54) is 7.11 Å². The van der Waals surface area contributed by atoms with Gasteiger partial charge >= 0.3 is 0 Å². The molecule has 23 heavy (non-hydrogen) atoms. The molecule has 1 rings (SSSR count). The Morgan fingerprint density at radius 2 is 2.09 bits per heavy atom. The number of sulfonamides is 1. The van der Waals surface area contributed by atoms with E-state index in [4.69, 9.17) is 10.5 Å². The molecule has 0 heterocycles. The van der Waals surface area contributed by atoms with Crippen LogP contribution in [0.1, 0.15) is 26.2 Å². The number of halogens is 1. The van der Waals surface area contributed by atoms with Gasteiger partial charge in [-0.25, -0.2) is 13.1 Å². The number of hydrogen-bond acceptors (Lipinski definition) is 6. The molecule has 132 valence electrons. The monoisotopic (exact) mass is 367 g/mol. The predicted octanol–water partition coefficient (Wildman–Crippen LogP) is 1.82. The van der Waals surface area contributed by atoms with Gasteiger partial charge in [0.15, 0.2) is 0 Å². The highest BCUT2D eigenvalue weighted by Gasteiger charge is 2.24. The second kappa shape index (κ2) is 9.66. The van der Waals surface area contributed by atoms with Gasteiger partial charge in [-0.05, 0) is 12.5 Å². The molecule has 0 saturated carbocycles. The third-order valence-corrected chi connectivity index (χ3v) is 4.72. The van der Waals surface area contributed by atoms with Crippen molar-refractivity contribution in [2.24, 2.45) is 5.73 Å². The first kappa shape index (κ1) is 21.6. The quantitative estimate of drug-likeness (QED) is 0.506. The average molecular weight is 368 g/mol. The minimum absolute atomic E-state index is 0. The third-order valence-electron chi connectivity index (χ3n) is 3.16. The lowest BCUT2D eigenvalue weighted by Crippen LogP contribution is -2.40. The van der Waals surface area contributed by atoms with Crippen molar-refractivity contribution in [2.45, 2.75) is 37.1 Å². The summed E-state index contributed by atoms with van der Waals surface area (Å²) in [5.41, 5.74) is 5.35. The highest BCUT2D eigenvalue weighted by Crippen LogP contribution is 2.28. The summed E-state index contributed by atoms with van der Waals surface area (Å²) in [5, 5.41) is 10.7. The number of nitrogens with zero attached hydrogens (tertiary/aromatic N) is 1. The van der Waals surface area contributed by atoms with Crippen LogP contribution in [0.2, 0.25) is 0 Å². The summed E-state index contributed by atoms with van der Waals surface area (Å²) in [7, 11) is -2.61. The largest absolute Gasteiger partial charge is 0.495 e. The van der Waals surface area contributed by atoms with E-state index >= 15 is 0 Å². The van der Waals surface area contributed by atoms with Crippen LogP contribution in [-0.4, -0.2) is 33.0 Å². The maximum atomic E-state index is 12.4. The first-order valence-corrected chi connectivity index (χ1v) is 8.38. The topological polar surface area (TPSA) is 125 Å². The number of methoxy groups -OCH3 is 1. The van der Waals surface area contributed by atoms with E-state index < -0.39 is 14.9 Å². The molecule has 0 bridgehead atoms. The molecule has 0 amide bonds. The summed E-state index contributed by atoms with van der Waals surface area (Å²) in [6.07, 6.45) is 2.41. The molecule has 0 radical (unpaired) electrons. The van der Waals surface area contributed by atoms with E-state index in [1.807, 2.05) is 6.92 Å². The van der Waals surface area contributed by atoms with E-state index in [9.17, 15) is 18.5 Å². The maximum Gasteiger partial charge on any atom is 0.273 e. The summed E-state index contributed by atoms with van der Waals surface area (Å²) in [6.45, 7) is 2.18. The van der Waals surface area contributed by atoms with Crippen molar-refractivity contribution in [3.05, 3.63) is 28.3 Å². The molecule has 1 aromatic carbocycles. The number of nitrogens with one attached hydrogen (secondary N) is 1. The minimum Gasteiger partial charge on any atom is -0.495 e. The van der Waals surface area contributed by atoms with Crippen molar-refractivity contribution >= 4 is 28.1 Å². The Morgan fingerprint density at radius 1 is 1.43 bits per heavy atom. The van der Waals surface area contributed by atoms with Gasteiger partial charge in [-0.1, -0.05) is 19.8 Å². The van der Waals surface area contributed by atoms with Gasteiger partial charge in [0, 0.05) is 18.7 Å². The van der Waals surface area contributed by atoms with Crippen LogP contribution in [-0.2, 0) is 10.0 Å². The molecular weight excluding hydrogens is 346 g/mol. The molecule has 0 fully saturated rings. The van der Waals surface area contributed by atoms with Crippen molar-refractivity contribution in [1.82, 2.24) is 4.72 Å². The molecule has 8 nitrogen and oxygen atoms in total. The molecule has 10 heteroatoms. The molecule has 0 saturated heterocycles. The highest BCUT2D eigenvalue weighted by atomic mass is 35.5. The number of ether oxygens (including phenoxy) is 1. The van der Waals surface area contributed by atoms with Gasteiger partial charge in [-0.2, -0.15) is 0 Å². The second-order valence-electron chi connectivity index (χ2n) is 4.79. The van der Waals surface area contributed by atoms with Gasteiger partial charge < -0.3 is 10.5 Å². The number of nitro benzene ring substituents is 1. The molecule has 0 spiro atoms. The van der Waals surface area contributed by atoms with Gasteiger partial charge in [0.05, 0.1) is 18.1 Å². The van der Waals surface area contributed by atoms with Crippen molar-refractivity contribution in [1.29, 1.82) is 0 Å². The molecule has 1 unspecified atom stereocenters. The molecule has 1 aromatic rings. The molecular formula is C13H22ClN3O5S. The SMILES string of the molecule is CCCCC(CN)NS(=O)(=O)c1ccc([N+](=O)[O-])cc1OC.Cl. The second-order valence-corrected chi connectivity index (χ2v) is 6.47. The Bertz CT molecular complexity index is 624. The number of nitrogens with two attached hydrogens (primary N) is 1. The average Bonchev–Trinajstić information content (AvgIpc) is 2.50. The first-order chi connectivity index (χ1) is 10.4. The van der Waals surface area contributed by atoms with Crippen molar-refractivity contribution in [2.75, 3.05) is 13.7 Å². The smallest absolute Gasteiger partial charge is 0.273 e. The Kier molecular flexibility index (Phi) is 9.06. The van der Waals surface area contributed by atoms with Crippen LogP contribution < -0.4 is 15.2 Å². The number of rotatable bonds is 9. The van der Waals surface area contributed by atoms with Crippen LogP contribution in [0, 0.1) is 10.1 Å². The number of hydrogen-bond donors (Lipinski definition) is 2. The highest BCUT2D eigenvalue weighted by molar-refractivity contribution is 7.89. The van der Waals surface area contributed by atoms with Crippen molar-refractivity contribution < 1.29 is 18.1 Å². The summed E-state index contributed by atoms with van der Waals surface area (Å²) in [4.78, 5) is 9.98. The fourth-order valence-electron chi connectivity index (χ4n) is 1.95. The van der Waals surface area contributed by atoms with Crippen LogP contribution in [0.4, 0.5) is 5.69 Å². The van der Waals surface area contributed by atoms with E-state index in [-0.39, 0.29) is 41.3 Å². The lowest BCUT2D eigenvalue weighted by atomic mass is 10.1. The van der Waals surface area contributed by atoms with Gasteiger partial charge in [0.1, 0.15) is 10.6 Å². The fraction of sp³-hybridized carbons (Fsp3) is 0.538. The van der Waals surface area contributed by atoms with Crippen LogP contribution in [0.5, 0.6) is 5.75 Å². The lowest BCUT2D eigenvalue weighted by Gasteiger charge is -2.17. The van der Waals surface area contributed by atoms with E-state index in [0.29, 0.717) is 6.42 Å². The molecule has 0 aromatic heterocycles. The number of unbranched alkanes of at least 4 members (excludes halogenated alkanes) is 1. The molecule has 0 aliphatic rings. The Hall–Kier alpha value is -1.42. The van der Waals surface area contributed by atoms with Crippen LogP contribution in [0.3, 0.4) is 0 Å². The zero-order chi connectivity index (χ0) is 16.8. The van der Waals surface area contributed by atoms with Gasteiger partial charge in [-0.15, -0.1) is 12.4 Å². The van der Waals surface area contributed by atoms with Gasteiger partial charge in [0.25, 0.3) is 5.69 Å². The van der Waals surface area contributed by atoms with Crippen LogP contribution in [0.15, 0.2) is 23.1 Å². The Morgan fingerprint density at radius 3 is 2.57 bits per heavy atom. The first-order valence-electron chi connectivity index (χ1n) is 6.90. The number of benzene rings is 1. The zero-order valence-corrected chi connectivity index (χ0v) is 14.7. The number of nitro groups is 1. The van der Waals surface area contributed by atoms with Crippen molar-refractivity contribution in [3.8, 4) is 5.75 Å². The van der Waals surface area contributed by atoms with Crippen LogP contribution in [0.25, 0.3) is 0 Å². The van der Waals surface area contributed by atoms with Crippen molar-refractivity contribution in [3.63, 3.8) is 0 Å². The van der Waals surface area contributed by atoms with Crippen LogP contribution >= 0.6 is 12.4 Å². The third kappa shape index (κ3) is 5.94. The minimum atomic E-state index is -3.86. The standard InChI is InChI=1S/C13H21N3O5S.ClH/c1-3-4-5-10(9-14)15-22(19,20)13-7-6-11(16(17)18)8-12(13)21-2;/h6-8,10,15H,3-5,9,14H2,1-2H3;1H. The van der Waals surface area contributed by atoms with Gasteiger partial charge in [0.2, 0.25) is 10.0 Å². The zero-order valence-electron chi connectivity index (χ0n) is 13.0. The fourth-order valence-corrected chi connectivity index (χ4v) is 3.38. The Labute approximate surface area is 142 Å². The molecule has 0 aliphatic heterocycles. The van der Waals surface area contributed by atoms with E-state index in [2.05, 4.69) is 4.72 Å². The van der Waals surface area contributed by atoms with E-state index in [1.54, 1.807) is 0 Å². The normalized spacial score (nSPS) is 12.3. The maximum absolute atomic E-state index is 12.4. The summed E-state index contributed by atoms with van der Waals surface area (Å²) in [6, 6.07) is 2.98. The van der Waals surface area contributed by atoms with E-state index in [0.717, 1.165) is 31.0 Å². The summed E-state index contributed by atoms with van der Waals surface area (Å²) < 4.78 is 32.3. The lowest BCUT2D eigenvalue weighted by molar-refractivity contribution is -0.385. The summed E-state index contributed by atoms with van der Waals surface area (Å²) in [5.74, 6) is -0.0760. The molecule has 3 N–H and O–H groups in total. The summed E-state index contributed by atoms with van der Waals surface area (Å²) >= 11 is 0. The molecule has 1 atom stereocenters. The molecule has 0 aliphatic carbocycles.